The van der Waals surface area contributed by atoms with E-state index in [9.17, 15) is 4.79 Å². The van der Waals surface area contributed by atoms with Crippen LogP contribution in [0.15, 0.2) is 12.1 Å². The molecule has 110 valence electrons. The predicted octanol–water partition coefficient (Wildman–Crippen LogP) is 1.87. The minimum absolute atomic E-state index is 0.0194. The number of rotatable bonds is 5. The van der Waals surface area contributed by atoms with Crippen LogP contribution in [-0.4, -0.2) is 33.3 Å². The van der Waals surface area contributed by atoms with Crippen molar-refractivity contribution in [2.45, 2.75) is 31.2 Å². The van der Waals surface area contributed by atoms with E-state index in [1.54, 1.807) is 20.3 Å². The van der Waals surface area contributed by atoms with Crippen molar-refractivity contribution in [1.29, 1.82) is 0 Å². The van der Waals surface area contributed by atoms with Gasteiger partial charge in [-0.2, -0.15) is 0 Å². The van der Waals surface area contributed by atoms with Crippen molar-refractivity contribution in [1.82, 2.24) is 0 Å². The van der Waals surface area contributed by atoms with Gasteiger partial charge in [0.1, 0.15) is 0 Å². The van der Waals surface area contributed by atoms with E-state index in [0.717, 1.165) is 18.4 Å². The van der Waals surface area contributed by atoms with Gasteiger partial charge >= 0.3 is 5.97 Å². The van der Waals surface area contributed by atoms with Crippen LogP contribution in [0.3, 0.4) is 0 Å². The quantitative estimate of drug-likeness (QED) is 0.833. The summed E-state index contributed by atoms with van der Waals surface area (Å²) in [6.45, 7) is 1.98. The molecule has 1 atom stereocenters. The average molecular weight is 279 g/mol. The number of carbonyl (C=O) groups excluding carboxylic acids is 1. The zero-order valence-electron chi connectivity index (χ0n) is 12.4. The topological polar surface area (TPSA) is 70.8 Å². The molecule has 1 fully saturated rings. The van der Waals surface area contributed by atoms with E-state index in [2.05, 4.69) is 0 Å². The Kier molecular flexibility index (Phi) is 3.90. The highest BCUT2D eigenvalue weighted by Gasteiger charge is 2.50. The highest BCUT2D eigenvalue weighted by molar-refractivity contribution is 5.91. The lowest BCUT2D eigenvalue weighted by Crippen LogP contribution is -2.32. The van der Waals surface area contributed by atoms with Gasteiger partial charge in [0, 0.05) is 17.0 Å². The first-order valence-electron chi connectivity index (χ1n) is 6.60. The molecule has 1 unspecified atom stereocenters. The first kappa shape index (κ1) is 14.7. The Morgan fingerprint density at radius 2 is 1.90 bits per heavy atom. The number of esters is 1. The summed E-state index contributed by atoms with van der Waals surface area (Å²) in [5.41, 5.74) is 7.37. The molecule has 5 heteroatoms. The van der Waals surface area contributed by atoms with Gasteiger partial charge < -0.3 is 19.9 Å². The molecule has 1 aromatic carbocycles. The lowest BCUT2D eigenvalue weighted by molar-refractivity contribution is 0.0600. The Hall–Kier alpha value is -1.75. The standard InChI is InChI=1S/C15H21NO4/c1-9(16)15(5-6-15)11-7-10(14(17)20-4)8-12(18-2)13(11)19-3/h7-9H,5-6,16H2,1-4H3. The van der Waals surface area contributed by atoms with E-state index in [1.807, 2.05) is 13.0 Å². The van der Waals surface area contributed by atoms with E-state index in [-0.39, 0.29) is 11.5 Å². The van der Waals surface area contributed by atoms with Crippen molar-refractivity contribution >= 4 is 5.97 Å². The summed E-state index contributed by atoms with van der Waals surface area (Å²) < 4.78 is 15.6. The lowest BCUT2D eigenvalue weighted by atomic mass is 9.87. The van der Waals surface area contributed by atoms with E-state index in [0.29, 0.717) is 17.1 Å². The largest absolute Gasteiger partial charge is 0.493 e. The molecule has 5 nitrogen and oxygen atoms in total. The highest BCUT2D eigenvalue weighted by Crippen LogP contribution is 2.55. The van der Waals surface area contributed by atoms with E-state index >= 15 is 0 Å². The van der Waals surface area contributed by atoms with Crippen molar-refractivity contribution in [3.63, 3.8) is 0 Å². The molecule has 0 saturated heterocycles. The highest BCUT2D eigenvalue weighted by atomic mass is 16.5. The maximum absolute atomic E-state index is 11.8. The third kappa shape index (κ3) is 2.22. The summed E-state index contributed by atoms with van der Waals surface area (Å²) in [6.07, 6.45) is 1.96. The van der Waals surface area contributed by atoms with Crippen LogP contribution in [0, 0.1) is 0 Å². The molecule has 0 aromatic heterocycles. The van der Waals surface area contributed by atoms with Gasteiger partial charge in [-0.1, -0.05) is 0 Å². The molecular formula is C15H21NO4. The van der Waals surface area contributed by atoms with Crippen LogP contribution in [0.2, 0.25) is 0 Å². The van der Waals surface area contributed by atoms with Gasteiger partial charge in [-0.15, -0.1) is 0 Å². The molecule has 0 bridgehead atoms. The molecule has 2 rings (SSSR count). The van der Waals surface area contributed by atoms with E-state index in [4.69, 9.17) is 19.9 Å². The molecule has 1 aromatic rings. The Bertz CT molecular complexity index is 521. The molecule has 1 saturated carbocycles. The SMILES string of the molecule is COC(=O)c1cc(OC)c(OC)c(C2(C(C)N)CC2)c1. The smallest absolute Gasteiger partial charge is 0.337 e. The number of ether oxygens (including phenoxy) is 3. The molecule has 0 amide bonds. The summed E-state index contributed by atoms with van der Waals surface area (Å²) in [7, 11) is 4.50. The number of benzene rings is 1. The summed E-state index contributed by atoms with van der Waals surface area (Å²) in [5, 5.41) is 0. The molecule has 0 radical (unpaired) electrons. The van der Waals surface area contributed by atoms with Crippen LogP contribution < -0.4 is 15.2 Å². The second-order valence-electron chi connectivity index (χ2n) is 5.20. The Balaban J connectivity index is 2.61. The monoisotopic (exact) mass is 279 g/mol. The molecule has 1 aliphatic rings. The third-order valence-corrected chi connectivity index (χ3v) is 4.10. The maximum Gasteiger partial charge on any atom is 0.337 e. The second-order valence-corrected chi connectivity index (χ2v) is 5.20. The average Bonchev–Trinajstić information content (AvgIpc) is 3.26. The Morgan fingerprint density at radius 1 is 1.25 bits per heavy atom. The summed E-state index contributed by atoms with van der Waals surface area (Å²) in [4.78, 5) is 11.8. The van der Waals surface area contributed by atoms with Crippen molar-refractivity contribution in [2.24, 2.45) is 5.73 Å². The predicted molar refractivity (Wildman–Crippen MR) is 75.4 cm³/mol. The van der Waals surface area contributed by atoms with Crippen LogP contribution in [0.1, 0.15) is 35.7 Å². The van der Waals surface area contributed by atoms with Gasteiger partial charge in [-0.25, -0.2) is 4.79 Å². The van der Waals surface area contributed by atoms with Crippen LogP contribution in [-0.2, 0) is 10.2 Å². The van der Waals surface area contributed by atoms with Crippen molar-refractivity contribution in [2.75, 3.05) is 21.3 Å². The Labute approximate surface area is 119 Å². The van der Waals surface area contributed by atoms with Gasteiger partial charge in [-0.05, 0) is 31.9 Å². The zero-order valence-corrected chi connectivity index (χ0v) is 12.4. The fourth-order valence-corrected chi connectivity index (χ4v) is 2.67. The second kappa shape index (κ2) is 5.32. The van der Waals surface area contributed by atoms with Crippen LogP contribution in [0.25, 0.3) is 0 Å². The van der Waals surface area contributed by atoms with Gasteiger partial charge in [-0.3, -0.25) is 0 Å². The number of nitrogens with two attached hydrogens (primary N) is 1. The van der Waals surface area contributed by atoms with Crippen LogP contribution >= 0.6 is 0 Å². The maximum atomic E-state index is 11.8. The third-order valence-electron chi connectivity index (χ3n) is 4.10. The molecule has 0 aliphatic heterocycles. The van der Waals surface area contributed by atoms with Crippen LogP contribution in [0.5, 0.6) is 11.5 Å². The number of carbonyl (C=O) groups is 1. The molecule has 1 aliphatic carbocycles. The fraction of sp³-hybridized carbons (Fsp3) is 0.533. The molecule has 0 heterocycles. The molecule has 0 spiro atoms. The Morgan fingerprint density at radius 3 is 2.30 bits per heavy atom. The van der Waals surface area contributed by atoms with Crippen molar-refractivity contribution in [3.8, 4) is 11.5 Å². The van der Waals surface area contributed by atoms with Gasteiger partial charge in [0.15, 0.2) is 11.5 Å². The number of methoxy groups -OCH3 is 3. The van der Waals surface area contributed by atoms with Crippen LogP contribution in [0.4, 0.5) is 0 Å². The fourth-order valence-electron chi connectivity index (χ4n) is 2.67. The van der Waals surface area contributed by atoms with Gasteiger partial charge in [0.25, 0.3) is 0 Å². The first-order valence-corrected chi connectivity index (χ1v) is 6.60. The lowest BCUT2D eigenvalue weighted by Gasteiger charge is -2.24. The zero-order chi connectivity index (χ0) is 14.9. The van der Waals surface area contributed by atoms with Gasteiger partial charge in [0.05, 0.1) is 26.9 Å². The van der Waals surface area contributed by atoms with E-state index in [1.165, 1.54) is 7.11 Å². The first-order chi connectivity index (χ1) is 9.50. The van der Waals surface area contributed by atoms with Crippen molar-refractivity contribution in [3.05, 3.63) is 23.3 Å². The summed E-state index contributed by atoms with van der Waals surface area (Å²) >= 11 is 0. The molecule has 2 N–H and O–H groups in total. The minimum Gasteiger partial charge on any atom is -0.493 e. The summed E-state index contributed by atoms with van der Waals surface area (Å²) in [5.74, 6) is 0.778. The van der Waals surface area contributed by atoms with Gasteiger partial charge in [0.2, 0.25) is 0 Å². The molecular weight excluding hydrogens is 258 g/mol. The number of hydrogen-bond donors (Lipinski definition) is 1. The minimum atomic E-state index is -0.396. The normalized spacial score (nSPS) is 17.2. The van der Waals surface area contributed by atoms with Crippen molar-refractivity contribution < 1.29 is 19.0 Å². The number of hydrogen-bond acceptors (Lipinski definition) is 5. The summed E-state index contributed by atoms with van der Waals surface area (Å²) in [6, 6.07) is 3.42. The van der Waals surface area contributed by atoms with E-state index < -0.39 is 5.97 Å². The molecule has 20 heavy (non-hydrogen) atoms.